The van der Waals surface area contributed by atoms with Crippen LogP contribution in [0, 0.1) is 0 Å². The van der Waals surface area contributed by atoms with Gasteiger partial charge < -0.3 is 9.74 Å². The zero-order chi connectivity index (χ0) is 13.0. The zero-order valence-electron chi connectivity index (χ0n) is 10.8. The van der Waals surface area contributed by atoms with E-state index in [9.17, 15) is 0 Å². The molecule has 0 spiro atoms. The molecule has 0 radical (unpaired) electrons. The van der Waals surface area contributed by atoms with Crippen LogP contribution in [0.25, 0.3) is 0 Å². The SMILES string of the molecule is CO/N=C(/N=Nc1ccc2c(c1)CCN2C)SC. The van der Waals surface area contributed by atoms with Gasteiger partial charge in [0.05, 0.1) is 5.69 Å². The molecule has 0 fully saturated rings. The maximum atomic E-state index is 4.68. The minimum atomic E-state index is 0.509. The Morgan fingerprint density at radius 1 is 1.44 bits per heavy atom. The van der Waals surface area contributed by atoms with Gasteiger partial charge in [-0.2, -0.15) is 0 Å². The molecule has 0 N–H and O–H groups in total. The molecule has 18 heavy (non-hydrogen) atoms. The van der Waals surface area contributed by atoms with E-state index in [4.69, 9.17) is 0 Å². The molecule has 2 rings (SSSR count). The number of amidine groups is 1. The topological polar surface area (TPSA) is 49.6 Å². The second kappa shape index (κ2) is 5.86. The van der Waals surface area contributed by atoms with Crippen molar-refractivity contribution >= 4 is 28.3 Å². The fourth-order valence-corrected chi connectivity index (χ4v) is 2.16. The van der Waals surface area contributed by atoms with Crippen LogP contribution >= 0.6 is 11.8 Å². The van der Waals surface area contributed by atoms with Gasteiger partial charge in [-0.15, -0.1) is 10.2 Å². The summed E-state index contributed by atoms with van der Waals surface area (Å²) < 4.78 is 0. The number of anilines is 1. The van der Waals surface area contributed by atoms with Gasteiger partial charge in [-0.25, -0.2) is 0 Å². The highest BCUT2D eigenvalue weighted by Gasteiger charge is 2.15. The molecule has 0 aliphatic carbocycles. The summed E-state index contributed by atoms with van der Waals surface area (Å²) in [5.41, 5.74) is 3.45. The van der Waals surface area contributed by atoms with E-state index >= 15 is 0 Å². The maximum Gasteiger partial charge on any atom is 0.246 e. The van der Waals surface area contributed by atoms with Crippen molar-refractivity contribution in [1.29, 1.82) is 0 Å². The lowest BCUT2D eigenvalue weighted by atomic mass is 10.1. The second-order valence-electron chi connectivity index (χ2n) is 3.95. The summed E-state index contributed by atoms with van der Waals surface area (Å²) in [5, 5.41) is 12.5. The minimum Gasteiger partial charge on any atom is -0.397 e. The van der Waals surface area contributed by atoms with Gasteiger partial charge in [0.2, 0.25) is 5.17 Å². The predicted octanol–water partition coefficient (Wildman–Crippen LogP) is 3.04. The van der Waals surface area contributed by atoms with E-state index in [0.29, 0.717) is 5.17 Å². The van der Waals surface area contributed by atoms with E-state index in [-0.39, 0.29) is 0 Å². The molecule has 0 saturated heterocycles. The Morgan fingerprint density at radius 2 is 2.28 bits per heavy atom. The molecule has 1 aliphatic rings. The number of thioether (sulfide) groups is 1. The normalized spacial score (nSPS) is 15.3. The van der Waals surface area contributed by atoms with Crippen LogP contribution in [0.5, 0.6) is 0 Å². The standard InChI is InChI=1S/C12H16N4OS/c1-16-7-6-9-8-10(4-5-11(9)16)13-14-12(18-3)15-17-2/h4-5,8H,6-7H2,1-3H3/b14-13?,15-12-. The van der Waals surface area contributed by atoms with Crippen LogP contribution < -0.4 is 4.90 Å². The Kier molecular flexibility index (Phi) is 4.19. The Morgan fingerprint density at radius 3 is 3.00 bits per heavy atom. The van der Waals surface area contributed by atoms with Crippen molar-refractivity contribution in [3.05, 3.63) is 23.8 Å². The van der Waals surface area contributed by atoms with Crippen molar-refractivity contribution < 1.29 is 4.84 Å². The highest BCUT2D eigenvalue weighted by molar-refractivity contribution is 8.13. The molecule has 5 nitrogen and oxygen atoms in total. The van der Waals surface area contributed by atoms with Crippen LogP contribution in [0.2, 0.25) is 0 Å². The highest BCUT2D eigenvalue weighted by atomic mass is 32.2. The lowest BCUT2D eigenvalue weighted by molar-refractivity contribution is 0.214. The van der Waals surface area contributed by atoms with E-state index in [1.165, 1.54) is 30.1 Å². The predicted molar refractivity (Wildman–Crippen MR) is 75.9 cm³/mol. The average Bonchev–Trinajstić information content (AvgIpc) is 2.76. The van der Waals surface area contributed by atoms with Gasteiger partial charge in [0.1, 0.15) is 7.11 Å². The smallest absolute Gasteiger partial charge is 0.246 e. The number of azo groups is 1. The van der Waals surface area contributed by atoms with Crippen molar-refractivity contribution in [3.8, 4) is 0 Å². The summed E-state index contributed by atoms with van der Waals surface area (Å²) in [6.07, 6.45) is 2.95. The average molecular weight is 264 g/mol. The first kappa shape index (κ1) is 12.9. The maximum absolute atomic E-state index is 4.68. The minimum absolute atomic E-state index is 0.509. The summed E-state index contributed by atoms with van der Waals surface area (Å²) in [6, 6.07) is 6.13. The fourth-order valence-electron chi connectivity index (χ4n) is 1.89. The molecule has 0 unspecified atom stereocenters. The molecule has 1 heterocycles. The third kappa shape index (κ3) is 2.81. The second-order valence-corrected chi connectivity index (χ2v) is 4.72. The van der Waals surface area contributed by atoms with E-state index < -0.39 is 0 Å². The largest absolute Gasteiger partial charge is 0.397 e. The van der Waals surface area contributed by atoms with Gasteiger partial charge in [-0.05, 0) is 36.4 Å². The Labute approximate surface area is 111 Å². The number of oxime groups is 1. The number of likely N-dealkylation sites (N-methyl/N-ethyl adjacent to an activating group) is 1. The third-order valence-corrected chi connectivity index (χ3v) is 3.32. The van der Waals surface area contributed by atoms with Crippen LogP contribution in [-0.2, 0) is 11.3 Å². The molecular formula is C12H16N4OS. The zero-order valence-corrected chi connectivity index (χ0v) is 11.6. The number of fused-ring (bicyclic) bond motifs is 1. The molecule has 0 aromatic heterocycles. The van der Waals surface area contributed by atoms with E-state index in [0.717, 1.165) is 18.7 Å². The van der Waals surface area contributed by atoms with Gasteiger partial charge in [0.25, 0.3) is 0 Å². The molecule has 1 aliphatic heterocycles. The molecule has 0 atom stereocenters. The summed E-state index contributed by atoms with van der Waals surface area (Å²) in [4.78, 5) is 6.92. The first-order valence-electron chi connectivity index (χ1n) is 5.65. The van der Waals surface area contributed by atoms with Crippen LogP contribution in [-0.4, -0.2) is 32.1 Å². The molecular weight excluding hydrogens is 248 g/mol. The van der Waals surface area contributed by atoms with Gasteiger partial charge in [0, 0.05) is 19.3 Å². The summed E-state index contributed by atoms with van der Waals surface area (Å²) in [5.74, 6) is 0. The van der Waals surface area contributed by atoms with Crippen LogP contribution in [0.4, 0.5) is 11.4 Å². The van der Waals surface area contributed by atoms with Crippen molar-refractivity contribution in [3.63, 3.8) is 0 Å². The quantitative estimate of drug-likeness (QED) is 0.357. The lowest BCUT2D eigenvalue weighted by Gasteiger charge is -2.11. The number of hydrogen-bond donors (Lipinski definition) is 0. The molecule has 1 aromatic carbocycles. The van der Waals surface area contributed by atoms with E-state index in [2.05, 4.69) is 44.3 Å². The van der Waals surface area contributed by atoms with Crippen LogP contribution in [0.15, 0.2) is 33.6 Å². The Hall–Kier alpha value is -1.56. The summed E-state index contributed by atoms with van der Waals surface area (Å²) >= 11 is 1.40. The monoisotopic (exact) mass is 264 g/mol. The Balaban J connectivity index is 2.16. The van der Waals surface area contributed by atoms with Crippen molar-refractivity contribution in [1.82, 2.24) is 0 Å². The van der Waals surface area contributed by atoms with Gasteiger partial charge in [-0.1, -0.05) is 16.9 Å². The molecule has 0 saturated carbocycles. The third-order valence-electron chi connectivity index (χ3n) is 2.79. The summed E-state index contributed by atoms with van der Waals surface area (Å²) in [6.45, 7) is 1.07. The van der Waals surface area contributed by atoms with Crippen LogP contribution in [0.3, 0.4) is 0 Å². The first-order chi connectivity index (χ1) is 8.74. The van der Waals surface area contributed by atoms with Gasteiger partial charge >= 0.3 is 0 Å². The van der Waals surface area contributed by atoms with Gasteiger partial charge in [-0.3, -0.25) is 0 Å². The number of hydrogen-bond acceptors (Lipinski definition) is 5. The number of nitrogens with zero attached hydrogens (tertiary/aromatic N) is 4. The number of benzene rings is 1. The lowest BCUT2D eigenvalue weighted by Crippen LogP contribution is -2.12. The number of rotatable bonds is 2. The highest BCUT2D eigenvalue weighted by Crippen LogP contribution is 2.30. The molecule has 96 valence electrons. The van der Waals surface area contributed by atoms with Crippen LogP contribution in [0.1, 0.15) is 5.56 Å². The molecule has 1 aromatic rings. The van der Waals surface area contributed by atoms with Gasteiger partial charge in [0.15, 0.2) is 0 Å². The molecule has 0 amide bonds. The van der Waals surface area contributed by atoms with E-state index in [1.54, 1.807) is 0 Å². The first-order valence-corrected chi connectivity index (χ1v) is 6.88. The summed E-state index contributed by atoms with van der Waals surface area (Å²) in [7, 11) is 3.60. The Bertz CT molecular complexity index is 487. The molecule has 0 bridgehead atoms. The van der Waals surface area contributed by atoms with Crippen molar-refractivity contribution in [2.24, 2.45) is 15.4 Å². The van der Waals surface area contributed by atoms with Crippen molar-refractivity contribution in [2.45, 2.75) is 6.42 Å². The fraction of sp³-hybridized carbons (Fsp3) is 0.417. The van der Waals surface area contributed by atoms with E-state index in [1.807, 2.05) is 12.3 Å². The molecule has 6 heteroatoms. The van der Waals surface area contributed by atoms with Crippen molar-refractivity contribution in [2.75, 3.05) is 31.9 Å².